The molecule has 0 radical (unpaired) electrons. The molecule has 0 aliphatic carbocycles. The molecule has 4 nitrogen and oxygen atoms in total. The number of aryl methyl sites for hydroxylation is 1. The van der Waals surface area contributed by atoms with Crippen LogP contribution in [0.15, 0.2) is 22.9 Å². The van der Waals surface area contributed by atoms with Gasteiger partial charge in [-0.1, -0.05) is 6.92 Å². The van der Waals surface area contributed by atoms with Crippen molar-refractivity contribution in [1.82, 2.24) is 9.97 Å². The number of rotatable bonds is 5. The molecule has 0 bridgehead atoms. The third kappa shape index (κ3) is 2.87. The SMILES string of the molecule is CCc1cc2c(N(C)Cc3ccsc3)nc(NC)nc2s1. The third-order valence-corrected chi connectivity index (χ3v) is 5.26. The first-order valence-corrected chi connectivity index (χ1v) is 8.67. The topological polar surface area (TPSA) is 41.1 Å². The van der Waals surface area contributed by atoms with E-state index in [0.717, 1.165) is 29.0 Å². The molecule has 0 aromatic carbocycles. The maximum atomic E-state index is 4.66. The third-order valence-electron chi connectivity index (χ3n) is 3.36. The highest BCUT2D eigenvalue weighted by atomic mass is 32.1. The quantitative estimate of drug-likeness (QED) is 0.772. The van der Waals surface area contributed by atoms with Crippen LogP contribution in [-0.4, -0.2) is 24.1 Å². The highest BCUT2D eigenvalue weighted by molar-refractivity contribution is 7.18. The van der Waals surface area contributed by atoms with Gasteiger partial charge in [-0.2, -0.15) is 16.3 Å². The number of hydrogen-bond acceptors (Lipinski definition) is 6. The number of aromatic nitrogens is 2. The lowest BCUT2D eigenvalue weighted by atomic mass is 10.2. The molecule has 0 spiro atoms. The van der Waals surface area contributed by atoms with Gasteiger partial charge in [-0.25, -0.2) is 4.98 Å². The summed E-state index contributed by atoms with van der Waals surface area (Å²) in [6, 6.07) is 4.38. The van der Waals surface area contributed by atoms with E-state index in [1.54, 1.807) is 22.7 Å². The van der Waals surface area contributed by atoms with Crippen molar-refractivity contribution < 1.29 is 0 Å². The van der Waals surface area contributed by atoms with Gasteiger partial charge in [0.25, 0.3) is 0 Å². The second-order valence-electron chi connectivity index (χ2n) is 4.89. The van der Waals surface area contributed by atoms with Gasteiger partial charge in [0.05, 0.1) is 5.39 Å². The standard InChI is InChI=1S/C15H18N4S2/c1-4-11-7-12-13(17-15(16-2)18-14(12)21-11)19(3)8-10-5-6-20-9-10/h5-7,9H,4,8H2,1-3H3,(H,16,17,18). The van der Waals surface area contributed by atoms with Gasteiger partial charge in [-0.3, -0.25) is 0 Å². The second kappa shape index (κ2) is 5.99. The Morgan fingerprint density at radius 2 is 2.19 bits per heavy atom. The average Bonchev–Trinajstić information content (AvgIpc) is 3.14. The van der Waals surface area contributed by atoms with Crippen LogP contribution in [0.1, 0.15) is 17.4 Å². The zero-order chi connectivity index (χ0) is 14.8. The monoisotopic (exact) mass is 318 g/mol. The molecule has 6 heteroatoms. The Hall–Kier alpha value is -1.66. The van der Waals surface area contributed by atoms with Crippen molar-refractivity contribution in [3.63, 3.8) is 0 Å². The van der Waals surface area contributed by atoms with E-state index in [4.69, 9.17) is 0 Å². The Morgan fingerprint density at radius 3 is 2.86 bits per heavy atom. The lowest BCUT2D eigenvalue weighted by Gasteiger charge is -2.19. The summed E-state index contributed by atoms with van der Waals surface area (Å²) >= 11 is 3.48. The molecule has 3 aromatic rings. The van der Waals surface area contributed by atoms with E-state index in [0.29, 0.717) is 5.95 Å². The zero-order valence-corrected chi connectivity index (χ0v) is 14.0. The number of anilines is 2. The average molecular weight is 318 g/mol. The molecule has 3 heterocycles. The minimum atomic E-state index is 0.680. The molecule has 0 saturated carbocycles. The molecule has 0 aliphatic heterocycles. The fraction of sp³-hybridized carbons (Fsp3) is 0.333. The molecular weight excluding hydrogens is 300 g/mol. The second-order valence-corrected chi connectivity index (χ2v) is 6.79. The van der Waals surface area contributed by atoms with Crippen LogP contribution >= 0.6 is 22.7 Å². The number of nitrogens with one attached hydrogen (secondary N) is 1. The van der Waals surface area contributed by atoms with Crippen LogP contribution in [0.25, 0.3) is 10.2 Å². The minimum absolute atomic E-state index is 0.680. The maximum absolute atomic E-state index is 4.66. The first-order valence-electron chi connectivity index (χ1n) is 6.91. The van der Waals surface area contributed by atoms with Gasteiger partial charge in [0.15, 0.2) is 0 Å². The van der Waals surface area contributed by atoms with Gasteiger partial charge in [0, 0.05) is 25.5 Å². The largest absolute Gasteiger partial charge is 0.357 e. The Bertz CT molecular complexity index is 734. The van der Waals surface area contributed by atoms with Crippen LogP contribution < -0.4 is 10.2 Å². The van der Waals surface area contributed by atoms with Crippen molar-refractivity contribution in [1.29, 1.82) is 0 Å². The van der Waals surface area contributed by atoms with Crippen molar-refractivity contribution in [3.8, 4) is 0 Å². The highest BCUT2D eigenvalue weighted by Gasteiger charge is 2.14. The number of thiophene rings is 2. The van der Waals surface area contributed by atoms with Gasteiger partial charge in [0.2, 0.25) is 5.95 Å². The summed E-state index contributed by atoms with van der Waals surface area (Å²) in [5.41, 5.74) is 1.31. The Morgan fingerprint density at radius 1 is 1.33 bits per heavy atom. The number of fused-ring (bicyclic) bond motifs is 1. The van der Waals surface area contributed by atoms with Gasteiger partial charge < -0.3 is 10.2 Å². The highest BCUT2D eigenvalue weighted by Crippen LogP contribution is 2.32. The van der Waals surface area contributed by atoms with Gasteiger partial charge >= 0.3 is 0 Å². The van der Waals surface area contributed by atoms with Crippen molar-refractivity contribution in [3.05, 3.63) is 33.3 Å². The molecule has 0 atom stereocenters. The summed E-state index contributed by atoms with van der Waals surface area (Å²) in [4.78, 5) is 13.8. The molecule has 0 aliphatic rings. The summed E-state index contributed by atoms with van der Waals surface area (Å²) in [6.45, 7) is 3.03. The Balaban J connectivity index is 2.04. The molecule has 110 valence electrons. The molecular formula is C15H18N4S2. The maximum Gasteiger partial charge on any atom is 0.225 e. The molecule has 0 fully saturated rings. The van der Waals surface area contributed by atoms with E-state index < -0.39 is 0 Å². The van der Waals surface area contributed by atoms with E-state index in [2.05, 4.69) is 57.0 Å². The van der Waals surface area contributed by atoms with Crippen LogP contribution in [0.4, 0.5) is 11.8 Å². The lowest BCUT2D eigenvalue weighted by Crippen LogP contribution is -2.18. The summed E-state index contributed by atoms with van der Waals surface area (Å²) in [5, 5.41) is 8.50. The number of hydrogen-bond donors (Lipinski definition) is 1. The van der Waals surface area contributed by atoms with Gasteiger partial charge in [-0.05, 0) is 34.9 Å². The molecule has 0 unspecified atom stereocenters. The lowest BCUT2D eigenvalue weighted by molar-refractivity contribution is 0.905. The zero-order valence-electron chi connectivity index (χ0n) is 12.4. The van der Waals surface area contributed by atoms with Gasteiger partial charge in [0.1, 0.15) is 10.6 Å². The van der Waals surface area contributed by atoms with E-state index in [1.807, 2.05) is 7.05 Å². The van der Waals surface area contributed by atoms with Crippen LogP contribution in [0, 0.1) is 0 Å². The van der Waals surface area contributed by atoms with Crippen molar-refractivity contribution >= 4 is 44.7 Å². The summed E-state index contributed by atoms with van der Waals surface area (Å²) < 4.78 is 0. The van der Waals surface area contributed by atoms with E-state index in [9.17, 15) is 0 Å². The molecule has 0 amide bonds. The molecule has 1 N–H and O–H groups in total. The van der Waals surface area contributed by atoms with Crippen LogP contribution in [0.5, 0.6) is 0 Å². The van der Waals surface area contributed by atoms with Gasteiger partial charge in [-0.15, -0.1) is 11.3 Å². The predicted octanol–water partition coefficient (Wildman–Crippen LogP) is 3.99. The van der Waals surface area contributed by atoms with Crippen LogP contribution in [0.3, 0.4) is 0 Å². The first kappa shape index (κ1) is 14.3. The number of nitrogens with zero attached hydrogens (tertiary/aromatic N) is 3. The van der Waals surface area contributed by atoms with E-state index in [1.165, 1.54) is 10.4 Å². The first-order chi connectivity index (χ1) is 10.2. The fourth-order valence-corrected chi connectivity index (χ4v) is 3.89. The summed E-state index contributed by atoms with van der Waals surface area (Å²) in [6.07, 6.45) is 1.03. The normalized spacial score (nSPS) is 11.0. The molecule has 0 saturated heterocycles. The van der Waals surface area contributed by atoms with Crippen molar-refractivity contribution in [2.45, 2.75) is 19.9 Å². The smallest absolute Gasteiger partial charge is 0.225 e. The summed E-state index contributed by atoms with van der Waals surface area (Å²) in [7, 11) is 3.94. The van der Waals surface area contributed by atoms with E-state index >= 15 is 0 Å². The molecule has 21 heavy (non-hydrogen) atoms. The fourth-order valence-electron chi connectivity index (χ4n) is 2.26. The predicted molar refractivity (Wildman–Crippen MR) is 92.8 cm³/mol. The van der Waals surface area contributed by atoms with E-state index in [-0.39, 0.29) is 0 Å². The Labute approximate surface area is 132 Å². The minimum Gasteiger partial charge on any atom is -0.357 e. The van der Waals surface area contributed by atoms with Crippen LogP contribution in [-0.2, 0) is 13.0 Å². The molecule has 3 aromatic heterocycles. The van der Waals surface area contributed by atoms with Crippen LogP contribution in [0.2, 0.25) is 0 Å². The van der Waals surface area contributed by atoms with Crippen molar-refractivity contribution in [2.75, 3.05) is 24.3 Å². The summed E-state index contributed by atoms with van der Waals surface area (Å²) in [5.74, 6) is 1.67. The Kier molecular flexibility index (Phi) is 4.07. The van der Waals surface area contributed by atoms with Crippen molar-refractivity contribution in [2.24, 2.45) is 0 Å². The molecule has 3 rings (SSSR count).